The van der Waals surface area contributed by atoms with Gasteiger partial charge >= 0.3 is 6.03 Å². The highest BCUT2D eigenvalue weighted by atomic mass is 32.2. The molecule has 0 radical (unpaired) electrons. The normalized spacial score (nSPS) is 14.1. The first-order chi connectivity index (χ1) is 13.0. The van der Waals surface area contributed by atoms with Gasteiger partial charge in [0.2, 0.25) is 5.91 Å². The number of carbonyl (C=O) groups excluding carboxylic acids is 2. The number of hydrogen-bond acceptors (Lipinski definition) is 7. The molecule has 0 bridgehead atoms. The second-order valence-electron chi connectivity index (χ2n) is 5.95. The van der Waals surface area contributed by atoms with E-state index in [0.717, 1.165) is 5.69 Å². The van der Waals surface area contributed by atoms with Crippen molar-refractivity contribution in [3.63, 3.8) is 0 Å². The summed E-state index contributed by atoms with van der Waals surface area (Å²) in [6.45, 7) is 1.94. The molecule has 1 aromatic heterocycles. The van der Waals surface area contributed by atoms with Crippen LogP contribution in [0.25, 0.3) is 0 Å². The maximum atomic E-state index is 12.4. The van der Waals surface area contributed by atoms with Gasteiger partial charge in [-0.05, 0) is 12.1 Å². The summed E-state index contributed by atoms with van der Waals surface area (Å²) >= 11 is 1.19. The monoisotopic (exact) mass is 387 g/mol. The zero-order chi connectivity index (χ0) is 19.2. The van der Waals surface area contributed by atoms with E-state index in [0.29, 0.717) is 31.3 Å². The lowest BCUT2D eigenvalue weighted by molar-refractivity contribution is -0.129. The smallest absolute Gasteiger partial charge is 0.321 e. The number of aromatic nitrogens is 2. The molecule has 10 heteroatoms. The number of nitrogens with zero attached hydrogens (tertiary/aromatic N) is 4. The number of urea groups is 1. The lowest BCUT2D eigenvalue weighted by Gasteiger charge is -2.34. The zero-order valence-corrected chi connectivity index (χ0v) is 15.5. The van der Waals surface area contributed by atoms with Crippen molar-refractivity contribution < 1.29 is 9.59 Å². The minimum absolute atomic E-state index is 0.0345. The number of hydrogen-bond donors (Lipinski definition) is 3. The molecule has 0 aliphatic carbocycles. The van der Waals surface area contributed by atoms with Crippen molar-refractivity contribution in [3.8, 4) is 0 Å². The van der Waals surface area contributed by atoms with Gasteiger partial charge in [-0.15, -0.1) is 0 Å². The summed E-state index contributed by atoms with van der Waals surface area (Å²) < 4.78 is 0. The van der Waals surface area contributed by atoms with E-state index < -0.39 is 0 Å². The quantitative estimate of drug-likeness (QED) is 0.529. The Hall–Kier alpha value is -3.01. The molecule has 142 valence electrons. The molecule has 9 nitrogen and oxygen atoms in total. The molecule has 1 aliphatic rings. The molecular weight excluding hydrogens is 366 g/mol. The first kappa shape index (κ1) is 18.8. The van der Waals surface area contributed by atoms with E-state index in [2.05, 4.69) is 15.3 Å². The maximum Gasteiger partial charge on any atom is 0.321 e. The predicted molar refractivity (Wildman–Crippen MR) is 105 cm³/mol. The van der Waals surface area contributed by atoms with Crippen molar-refractivity contribution in [2.75, 3.05) is 48.7 Å². The number of para-hydroxylation sites is 1. The van der Waals surface area contributed by atoms with E-state index >= 15 is 0 Å². The average molecular weight is 387 g/mol. The molecule has 27 heavy (non-hydrogen) atoms. The van der Waals surface area contributed by atoms with Crippen LogP contribution in [0.2, 0.25) is 0 Å². The number of benzene rings is 1. The molecule has 0 saturated carbocycles. The molecular formula is C17H21N7O2S. The zero-order valence-electron chi connectivity index (χ0n) is 14.7. The number of nitrogens with two attached hydrogens (primary N) is 2. The van der Waals surface area contributed by atoms with E-state index in [4.69, 9.17) is 11.5 Å². The molecule has 1 aliphatic heterocycles. The van der Waals surface area contributed by atoms with Gasteiger partial charge in [-0.1, -0.05) is 30.0 Å². The number of thioether (sulfide) groups is 1. The fraction of sp³-hybridized carbons (Fsp3) is 0.294. The van der Waals surface area contributed by atoms with Crippen LogP contribution in [0.3, 0.4) is 0 Å². The van der Waals surface area contributed by atoms with Crippen LogP contribution in [0, 0.1) is 0 Å². The molecule has 0 spiro atoms. The summed E-state index contributed by atoms with van der Waals surface area (Å²) in [7, 11) is 0. The Kier molecular flexibility index (Phi) is 5.97. The van der Waals surface area contributed by atoms with E-state index in [1.807, 2.05) is 30.3 Å². The molecule has 2 aromatic rings. The lowest BCUT2D eigenvalue weighted by Crippen LogP contribution is -2.52. The third kappa shape index (κ3) is 5.23. The summed E-state index contributed by atoms with van der Waals surface area (Å²) in [5.74, 6) is 0.706. The second kappa shape index (κ2) is 8.58. The maximum absolute atomic E-state index is 12.4. The fourth-order valence-electron chi connectivity index (χ4n) is 2.63. The minimum Gasteiger partial charge on any atom is -0.383 e. The molecule has 0 atom stereocenters. The minimum atomic E-state index is -0.161. The summed E-state index contributed by atoms with van der Waals surface area (Å²) in [5.41, 5.74) is 12.0. The highest BCUT2D eigenvalue weighted by Crippen LogP contribution is 2.17. The first-order valence-corrected chi connectivity index (χ1v) is 9.41. The van der Waals surface area contributed by atoms with Crippen LogP contribution in [-0.2, 0) is 4.79 Å². The number of carbonyl (C=O) groups is 2. The van der Waals surface area contributed by atoms with Crippen LogP contribution >= 0.6 is 11.8 Å². The summed E-state index contributed by atoms with van der Waals surface area (Å²) in [6.07, 6.45) is 0. The number of amides is 3. The van der Waals surface area contributed by atoms with E-state index in [-0.39, 0.29) is 29.3 Å². The Bertz CT molecular complexity index is 790. The summed E-state index contributed by atoms with van der Waals surface area (Å²) in [4.78, 5) is 36.2. The van der Waals surface area contributed by atoms with Crippen LogP contribution in [0.5, 0.6) is 0 Å². The van der Waals surface area contributed by atoms with E-state index in [1.165, 1.54) is 17.8 Å². The Morgan fingerprint density at radius 2 is 1.59 bits per heavy atom. The third-order valence-corrected chi connectivity index (χ3v) is 4.85. The molecule has 1 fully saturated rings. The van der Waals surface area contributed by atoms with Gasteiger partial charge in [0.1, 0.15) is 11.6 Å². The third-order valence-electron chi connectivity index (χ3n) is 4.01. The first-order valence-electron chi connectivity index (χ1n) is 8.43. The summed E-state index contributed by atoms with van der Waals surface area (Å²) in [5, 5.41) is 3.23. The van der Waals surface area contributed by atoms with Gasteiger partial charge < -0.3 is 26.6 Å². The van der Waals surface area contributed by atoms with Gasteiger partial charge in [0, 0.05) is 37.9 Å². The Balaban J connectivity index is 1.45. The second-order valence-corrected chi connectivity index (χ2v) is 6.90. The molecule has 1 aromatic carbocycles. The number of rotatable bonds is 4. The lowest BCUT2D eigenvalue weighted by atomic mass is 10.3. The summed E-state index contributed by atoms with van der Waals surface area (Å²) in [6, 6.07) is 10.6. The fourth-order valence-corrected chi connectivity index (χ4v) is 3.40. The molecule has 1 saturated heterocycles. The van der Waals surface area contributed by atoms with E-state index in [9.17, 15) is 9.59 Å². The van der Waals surface area contributed by atoms with Gasteiger partial charge in [-0.2, -0.15) is 0 Å². The van der Waals surface area contributed by atoms with Crippen molar-refractivity contribution >= 4 is 41.0 Å². The largest absolute Gasteiger partial charge is 0.383 e. The van der Waals surface area contributed by atoms with Crippen molar-refractivity contribution in [1.29, 1.82) is 0 Å². The topological polar surface area (TPSA) is 130 Å². The average Bonchev–Trinajstić information content (AvgIpc) is 2.66. The van der Waals surface area contributed by atoms with Crippen LogP contribution in [0.15, 0.2) is 41.6 Å². The highest BCUT2D eigenvalue weighted by molar-refractivity contribution is 7.99. The Morgan fingerprint density at radius 1 is 1.00 bits per heavy atom. The molecule has 2 heterocycles. The van der Waals surface area contributed by atoms with Gasteiger partial charge in [-0.25, -0.2) is 14.8 Å². The Morgan fingerprint density at radius 3 is 2.22 bits per heavy atom. The van der Waals surface area contributed by atoms with Gasteiger partial charge in [-0.3, -0.25) is 4.79 Å². The van der Waals surface area contributed by atoms with Crippen LogP contribution in [0.1, 0.15) is 0 Å². The van der Waals surface area contributed by atoms with Crippen molar-refractivity contribution in [2.24, 2.45) is 0 Å². The van der Waals surface area contributed by atoms with Crippen LogP contribution in [-0.4, -0.2) is 63.6 Å². The SMILES string of the molecule is Nc1cc(N)nc(SCC(=O)N2CCN(C(=O)Nc3ccccc3)CC2)n1. The predicted octanol–water partition coefficient (Wildman–Crippen LogP) is 1.11. The van der Waals surface area contributed by atoms with Gasteiger partial charge in [0.15, 0.2) is 5.16 Å². The van der Waals surface area contributed by atoms with Crippen LogP contribution in [0.4, 0.5) is 22.1 Å². The number of piperazine rings is 1. The standard InChI is InChI=1S/C17H21N7O2S/c18-13-10-14(19)22-16(21-13)27-11-15(25)23-6-8-24(9-7-23)17(26)20-12-4-2-1-3-5-12/h1-5,10H,6-9,11H2,(H,20,26)(H4,18,19,21,22). The van der Waals surface area contributed by atoms with Crippen molar-refractivity contribution in [3.05, 3.63) is 36.4 Å². The number of anilines is 3. The van der Waals surface area contributed by atoms with E-state index in [1.54, 1.807) is 9.80 Å². The molecule has 0 unspecified atom stereocenters. The van der Waals surface area contributed by atoms with Crippen molar-refractivity contribution in [1.82, 2.24) is 19.8 Å². The van der Waals surface area contributed by atoms with Gasteiger partial charge in [0.05, 0.1) is 5.75 Å². The van der Waals surface area contributed by atoms with Gasteiger partial charge in [0.25, 0.3) is 0 Å². The highest BCUT2D eigenvalue weighted by Gasteiger charge is 2.24. The number of nitrogen functional groups attached to an aromatic ring is 2. The molecule has 3 amide bonds. The molecule has 3 rings (SSSR count). The molecule has 5 N–H and O–H groups in total. The number of nitrogens with one attached hydrogen (secondary N) is 1. The van der Waals surface area contributed by atoms with Crippen LogP contribution < -0.4 is 16.8 Å². The van der Waals surface area contributed by atoms with Crippen molar-refractivity contribution in [2.45, 2.75) is 5.16 Å². The Labute approximate surface area is 161 Å².